The van der Waals surface area contributed by atoms with Crippen LogP contribution in [-0.2, 0) is 61.6 Å². The van der Waals surface area contributed by atoms with E-state index in [9.17, 15) is 86.5 Å². The Labute approximate surface area is 455 Å². The van der Waals surface area contributed by atoms with Crippen molar-refractivity contribution in [1.82, 2.24) is 0 Å². The van der Waals surface area contributed by atoms with Gasteiger partial charge >= 0.3 is 0 Å². The van der Waals surface area contributed by atoms with E-state index in [1.807, 2.05) is 0 Å². The topological polar surface area (TPSA) is 634 Å². The number of carbonyl (C=O) groups is 1. The number of hydrogen-bond donors (Lipinski definition) is 23. The molecule has 464 valence electrons. The monoisotopic (exact) mass is 1180 g/mol. The molecule has 30 N–H and O–H groups in total. The zero-order valence-corrected chi connectivity index (χ0v) is 42.9. The number of rotatable bonds is 23. The van der Waals surface area contributed by atoms with Crippen LogP contribution in [0.5, 0.6) is 0 Å². The number of ether oxygens (including phenoxy) is 12. The fourth-order valence-electron chi connectivity index (χ4n) is 9.85. The fraction of sp³-hybridized carbons (Fsp3) is 0.976. The summed E-state index contributed by atoms with van der Waals surface area (Å²) >= 11 is 0. The van der Waals surface area contributed by atoms with Gasteiger partial charge in [0.25, 0.3) is 0 Å². The van der Waals surface area contributed by atoms with Crippen molar-refractivity contribution in [1.29, 1.82) is 0 Å². The van der Waals surface area contributed by atoms with Gasteiger partial charge in [-0.05, 0) is 0 Å². The van der Waals surface area contributed by atoms with Crippen LogP contribution in [0, 0.1) is 0 Å². The van der Waals surface area contributed by atoms with Crippen LogP contribution in [0.2, 0.25) is 0 Å². The lowest BCUT2D eigenvalue weighted by Gasteiger charge is -2.50. The SMILES string of the molecule is Cl.N[C@H]1[C@H](O[C@H]2[C@H](O)[C@@H](N)[C@H](O[C@H]3[C@H](O)[C@@H](N)[C@H](O[C@H]4[C@H](O)[C@@H](N)[C@H](O[C@H]5[C@H](O)[C@@H](N)[C@H](O[C@H]6[C@H](O)[C@@H](N)[C@H](O[C@@H]([C@H](O)[C@@H](N)C=O)[C@H](O)CO)O[C@@H]6CO)O[C@@H]5CO)O[C@@H]4CO)O[C@@H]3CO)O[C@@H]2CO)O[C@H](CO)[C@@H](O)[C@@H]1O. The molecule has 34 atom stereocenters. The van der Waals surface area contributed by atoms with Gasteiger partial charge < -0.3 is 183 Å². The van der Waals surface area contributed by atoms with Crippen molar-refractivity contribution in [2.75, 3.05) is 46.2 Å². The van der Waals surface area contributed by atoms with E-state index in [1.54, 1.807) is 0 Å². The molecule has 0 unspecified atom stereocenters. The van der Waals surface area contributed by atoms with E-state index in [0.29, 0.717) is 0 Å². The van der Waals surface area contributed by atoms with Gasteiger partial charge in [0.2, 0.25) is 0 Å². The Kier molecular flexibility index (Phi) is 26.0. The van der Waals surface area contributed by atoms with Crippen LogP contribution in [0.3, 0.4) is 0 Å². The average molecular weight is 1180 g/mol. The first kappa shape index (κ1) is 68.3. The lowest BCUT2D eigenvalue weighted by Crippen LogP contribution is -2.71. The highest BCUT2D eigenvalue weighted by molar-refractivity contribution is 5.85. The van der Waals surface area contributed by atoms with E-state index in [2.05, 4.69) is 0 Å². The third kappa shape index (κ3) is 14.6. The molecule has 79 heavy (non-hydrogen) atoms. The lowest BCUT2D eigenvalue weighted by molar-refractivity contribution is -0.368. The van der Waals surface area contributed by atoms with Crippen molar-refractivity contribution in [3.05, 3.63) is 0 Å². The van der Waals surface area contributed by atoms with E-state index in [0.717, 1.165) is 0 Å². The summed E-state index contributed by atoms with van der Waals surface area (Å²) < 4.78 is 69.5. The van der Waals surface area contributed by atoms with E-state index < -0.39 is 254 Å². The molecule has 0 saturated carbocycles. The van der Waals surface area contributed by atoms with Gasteiger partial charge in [0, 0.05) is 0 Å². The Bertz CT molecular complexity index is 1820. The first-order chi connectivity index (χ1) is 37.0. The van der Waals surface area contributed by atoms with Gasteiger partial charge in [-0.1, -0.05) is 0 Å². The molecule has 6 fully saturated rings. The normalized spacial score (nSPS) is 48.5. The van der Waals surface area contributed by atoms with E-state index in [1.165, 1.54) is 0 Å². The van der Waals surface area contributed by atoms with Gasteiger partial charge in [-0.2, -0.15) is 0 Å². The highest BCUT2D eigenvalue weighted by Gasteiger charge is 2.57. The van der Waals surface area contributed by atoms with Gasteiger partial charge in [0.05, 0.1) is 88.5 Å². The minimum atomic E-state index is -1.90. The van der Waals surface area contributed by atoms with E-state index in [4.69, 9.17) is 97.0 Å². The fourth-order valence-corrected chi connectivity index (χ4v) is 9.85. The molecule has 6 heterocycles. The van der Waals surface area contributed by atoms with E-state index in [-0.39, 0.29) is 18.7 Å². The summed E-state index contributed by atoms with van der Waals surface area (Å²) in [5, 5.41) is 169. The summed E-state index contributed by atoms with van der Waals surface area (Å²) in [6.07, 6.45) is -44.8. The Morgan fingerprint density at radius 1 is 0.392 bits per heavy atom. The largest absolute Gasteiger partial charge is 0.394 e. The molecule has 0 radical (unpaired) electrons. The molecule has 6 aliphatic rings. The molecule has 0 spiro atoms. The van der Waals surface area contributed by atoms with Crippen molar-refractivity contribution in [3.8, 4) is 0 Å². The summed E-state index contributed by atoms with van der Waals surface area (Å²) in [6, 6.07) is -11.0. The maximum atomic E-state index is 11.5. The second kappa shape index (κ2) is 30.1. The number of aldehydes is 1. The lowest BCUT2D eigenvalue weighted by atomic mass is 9.93. The van der Waals surface area contributed by atoms with Crippen LogP contribution < -0.4 is 40.1 Å². The minimum absolute atomic E-state index is 0. The van der Waals surface area contributed by atoms with Gasteiger partial charge in [-0.15, -0.1) is 12.4 Å². The molecule has 0 aromatic heterocycles. The number of halogens is 1. The quantitative estimate of drug-likeness (QED) is 0.0423. The smallest absolute Gasteiger partial charge is 0.176 e. The number of aliphatic hydroxyl groups is 16. The van der Waals surface area contributed by atoms with Gasteiger partial charge in [0.1, 0.15) is 134 Å². The maximum absolute atomic E-state index is 11.5. The van der Waals surface area contributed by atoms with Crippen molar-refractivity contribution >= 4 is 18.7 Å². The highest BCUT2D eigenvalue weighted by Crippen LogP contribution is 2.36. The van der Waals surface area contributed by atoms with Crippen LogP contribution in [0.1, 0.15) is 0 Å². The standard InChI is InChI=1S/C42H79N7O29.ClH/c43-9(1-50)23(59)31(10(58)2-51)73-38-18(45)26(62)33(12(4-53)68-38)75-40-20(47)28(64)35(14(6-55)70-40)77-42-22(49)30(66)36(16(8-57)72-42)78-41-21(48)29(65)34(15(7-56)71-41)76-39-19(46)27(63)32(13(5-54)69-39)74-37-17(44)25(61)24(60)11(3-52)67-37;/h1,9-42,51-66H,2-8,43-49H2;1H/t9-,10+,11+,12+,13+,14+,15+,16+,17+,18+,19+,20+,21+,22+,23+,24+,25+,26+,27+,28+,29+,30+,31+,32+,33+,34+,35+,36+,37-,38-,39-,40-,41-,42-;/m0./s1. The Hall–Kier alpha value is -1.44. The molecule has 36 nitrogen and oxygen atoms in total. The highest BCUT2D eigenvalue weighted by atomic mass is 35.5. The van der Waals surface area contributed by atoms with Crippen LogP contribution in [0.25, 0.3) is 0 Å². The molecular weight excluding hydrogens is 1100 g/mol. The number of nitrogens with two attached hydrogens (primary N) is 7. The molecule has 0 aromatic carbocycles. The van der Waals surface area contributed by atoms with Crippen molar-refractivity contribution < 1.29 is 143 Å². The maximum Gasteiger partial charge on any atom is 0.176 e. The first-order valence-corrected chi connectivity index (χ1v) is 25.0. The zero-order valence-electron chi connectivity index (χ0n) is 42.1. The third-order valence-corrected chi connectivity index (χ3v) is 14.6. The van der Waals surface area contributed by atoms with Crippen molar-refractivity contribution in [2.24, 2.45) is 40.1 Å². The molecule has 0 aliphatic carbocycles. The second-order valence-corrected chi connectivity index (χ2v) is 19.8. The summed E-state index contributed by atoms with van der Waals surface area (Å²) in [4.78, 5) is 11.2. The summed E-state index contributed by atoms with van der Waals surface area (Å²) in [5.41, 5.74) is 43.0. The average Bonchev–Trinajstić information content (AvgIpc) is 3.46. The van der Waals surface area contributed by atoms with Gasteiger partial charge in [0.15, 0.2) is 37.7 Å². The zero-order chi connectivity index (χ0) is 57.8. The van der Waals surface area contributed by atoms with Gasteiger partial charge in [-0.25, -0.2) is 0 Å². The van der Waals surface area contributed by atoms with Crippen LogP contribution in [-0.4, -0.2) is 342 Å². The molecular formula is C42H80ClN7O29. The van der Waals surface area contributed by atoms with E-state index >= 15 is 0 Å². The molecule has 0 amide bonds. The van der Waals surface area contributed by atoms with Crippen LogP contribution in [0.15, 0.2) is 0 Å². The summed E-state index contributed by atoms with van der Waals surface area (Å²) in [5.74, 6) is 0. The first-order valence-electron chi connectivity index (χ1n) is 25.0. The second-order valence-electron chi connectivity index (χ2n) is 19.8. The predicted octanol–water partition coefficient (Wildman–Crippen LogP) is -16.2. The van der Waals surface area contributed by atoms with Crippen LogP contribution in [0.4, 0.5) is 0 Å². The predicted molar refractivity (Wildman–Crippen MR) is 254 cm³/mol. The van der Waals surface area contributed by atoms with Crippen molar-refractivity contribution in [2.45, 2.75) is 208 Å². The Morgan fingerprint density at radius 2 is 0.633 bits per heavy atom. The number of aliphatic hydroxyl groups excluding tert-OH is 16. The van der Waals surface area contributed by atoms with Gasteiger partial charge in [-0.3, -0.25) is 0 Å². The third-order valence-electron chi connectivity index (χ3n) is 14.6. The molecule has 6 aliphatic heterocycles. The Balaban J connectivity index is 0.0000115. The molecule has 0 bridgehead atoms. The molecule has 6 rings (SSSR count). The number of carbonyl (C=O) groups excluding carboxylic acids is 1. The summed E-state index contributed by atoms with van der Waals surface area (Å²) in [6.45, 7) is -6.21. The number of hydrogen-bond acceptors (Lipinski definition) is 36. The molecule has 37 heteroatoms. The minimum Gasteiger partial charge on any atom is -0.394 e. The molecule has 6 saturated heterocycles. The summed E-state index contributed by atoms with van der Waals surface area (Å²) in [7, 11) is 0. The molecule has 0 aromatic rings. The Morgan fingerprint density at radius 3 is 0.886 bits per heavy atom. The van der Waals surface area contributed by atoms with Crippen LogP contribution >= 0.6 is 12.4 Å². The van der Waals surface area contributed by atoms with Crippen molar-refractivity contribution in [3.63, 3.8) is 0 Å².